The molecule has 12 heavy (non-hydrogen) atoms. The molecule has 0 aromatic rings. The Morgan fingerprint density at radius 2 is 2.25 bits per heavy atom. The number of likely N-dealkylation sites (N-methyl/N-ethyl adjacent to an activating group) is 1. The fourth-order valence-electron chi connectivity index (χ4n) is 1.54. The van der Waals surface area contributed by atoms with Crippen LogP contribution in [0.5, 0.6) is 0 Å². The van der Waals surface area contributed by atoms with Crippen LogP contribution in [0, 0.1) is 0 Å². The standard InChI is InChI=1S/C9H19NO2/c1-3-8(10-4-2)9-7-11-5-6-12-9/h8-10H,3-7H2,1-2H3. The smallest absolute Gasteiger partial charge is 0.0961 e. The summed E-state index contributed by atoms with van der Waals surface area (Å²) >= 11 is 0. The largest absolute Gasteiger partial charge is 0.376 e. The first-order valence-corrected chi connectivity index (χ1v) is 4.81. The van der Waals surface area contributed by atoms with Crippen molar-refractivity contribution in [3.05, 3.63) is 0 Å². The van der Waals surface area contributed by atoms with Gasteiger partial charge in [-0.2, -0.15) is 0 Å². The second-order valence-corrected chi connectivity index (χ2v) is 3.06. The molecule has 1 heterocycles. The van der Waals surface area contributed by atoms with Crippen LogP contribution in [-0.4, -0.2) is 38.5 Å². The van der Waals surface area contributed by atoms with Crippen LogP contribution < -0.4 is 5.32 Å². The lowest BCUT2D eigenvalue weighted by Gasteiger charge is -2.30. The average molecular weight is 173 g/mol. The molecule has 0 aromatic heterocycles. The number of hydrogen-bond acceptors (Lipinski definition) is 3. The van der Waals surface area contributed by atoms with E-state index in [9.17, 15) is 0 Å². The van der Waals surface area contributed by atoms with Crippen molar-refractivity contribution in [2.45, 2.75) is 32.4 Å². The van der Waals surface area contributed by atoms with Crippen LogP contribution in [0.1, 0.15) is 20.3 Å². The monoisotopic (exact) mass is 173 g/mol. The van der Waals surface area contributed by atoms with Gasteiger partial charge in [-0.25, -0.2) is 0 Å². The van der Waals surface area contributed by atoms with Crippen molar-refractivity contribution in [2.75, 3.05) is 26.4 Å². The maximum atomic E-state index is 5.60. The quantitative estimate of drug-likeness (QED) is 0.682. The highest BCUT2D eigenvalue weighted by molar-refractivity contribution is 4.76. The molecule has 0 amide bonds. The van der Waals surface area contributed by atoms with E-state index in [1.165, 1.54) is 0 Å². The number of rotatable bonds is 4. The van der Waals surface area contributed by atoms with E-state index in [-0.39, 0.29) is 6.10 Å². The minimum Gasteiger partial charge on any atom is -0.376 e. The van der Waals surface area contributed by atoms with Gasteiger partial charge in [0.25, 0.3) is 0 Å². The lowest BCUT2D eigenvalue weighted by Crippen LogP contribution is -2.46. The number of ether oxygens (including phenoxy) is 2. The minimum absolute atomic E-state index is 0.253. The molecular formula is C9H19NO2. The normalized spacial score (nSPS) is 27.0. The van der Waals surface area contributed by atoms with Crippen molar-refractivity contribution in [3.8, 4) is 0 Å². The predicted molar refractivity (Wildman–Crippen MR) is 48.3 cm³/mol. The second kappa shape index (κ2) is 5.51. The van der Waals surface area contributed by atoms with Crippen LogP contribution >= 0.6 is 0 Å². The highest BCUT2D eigenvalue weighted by Crippen LogP contribution is 2.08. The minimum atomic E-state index is 0.253. The Labute approximate surface area is 74.4 Å². The third kappa shape index (κ3) is 2.73. The van der Waals surface area contributed by atoms with Gasteiger partial charge in [-0.3, -0.25) is 0 Å². The van der Waals surface area contributed by atoms with Crippen molar-refractivity contribution in [1.82, 2.24) is 5.32 Å². The van der Waals surface area contributed by atoms with Crippen molar-refractivity contribution < 1.29 is 9.47 Å². The van der Waals surface area contributed by atoms with Gasteiger partial charge in [0, 0.05) is 6.04 Å². The molecule has 3 heteroatoms. The molecule has 1 N–H and O–H groups in total. The molecule has 0 aromatic carbocycles. The van der Waals surface area contributed by atoms with Gasteiger partial charge < -0.3 is 14.8 Å². The molecule has 1 rings (SSSR count). The third-order valence-electron chi connectivity index (χ3n) is 2.20. The maximum Gasteiger partial charge on any atom is 0.0961 e. The molecule has 0 bridgehead atoms. The first-order valence-electron chi connectivity index (χ1n) is 4.81. The molecule has 0 aliphatic carbocycles. The fourth-order valence-corrected chi connectivity index (χ4v) is 1.54. The molecular weight excluding hydrogens is 154 g/mol. The first kappa shape index (κ1) is 9.96. The second-order valence-electron chi connectivity index (χ2n) is 3.06. The van der Waals surface area contributed by atoms with Crippen molar-refractivity contribution in [3.63, 3.8) is 0 Å². The average Bonchev–Trinajstić information content (AvgIpc) is 2.15. The molecule has 1 saturated heterocycles. The molecule has 0 spiro atoms. The maximum absolute atomic E-state index is 5.60. The summed E-state index contributed by atoms with van der Waals surface area (Å²) in [6.45, 7) is 7.52. The van der Waals surface area contributed by atoms with E-state index in [1.54, 1.807) is 0 Å². The molecule has 2 unspecified atom stereocenters. The van der Waals surface area contributed by atoms with Gasteiger partial charge in [-0.05, 0) is 13.0 Å². The van der Waals surface area contributed by atoms with E-state index in [0.29, 0.717) is 6.04 Å². The molecule has 3 nitrogen and oxygen atoms in total. The van der Waals surface area contributed by atoms with Crippen LogP contribution in [0.3, 0.4) is 0 Å². The number of nitrogens with one attached hydrogen (secondary N) is 1. The van der Waals surface area contributed by atoms with Gasteiger partial charge in [0.05, 0.1) is 25.9 Å². The van der Waals surface area contributed by atoms with E-state index in [1.807, 2.05) is 0 Å². The van der Waals surface area contributed by atoms with Crippen LogP contribution in [0.15, 0.2) is 0 Å². The Bertz CT molecular complexity index is 110. The van der Waals surface area contributed by atoms with E-state index in [2.05, 4.69) is 19.2 Å². The summed E-state index contributed by atoms with van der Waals surface area (Å²) in [4.78, 5) is 0. The lowest BCUT2D eigenvalue weighted by molar-refractivity contribution is -0.101. The molecule has 2 atom stereocenters. The van der Waals surface area contributed by atoms with E-state index in [0.717, 1.165) is 32.8 Å². The van der Waals surface area contributed by atoms with Gasteiger partial charge in [-0.1, -0.05) is 13.8 Å². The van der Waals surface area contributed by atoms with Gasteiger partial charge in [0.1, 0.15) is 0 Å². The Balaban J connectivity index is 2.29. The molecule has 1 aliphatic rings. The molecule has 72 valence electrons. The van der Waals surface area contributed by atoms with Gasteiger partial charge in [-0.15, -0.1) is 0 Å². The van der Waals surface area contributed by atoms with Gasteiger partial charge in [0.2, 0.25) is 0 Å². The Kier molecular flexibility index (Phi) is 4.58. The van der Waals surface area contributed by atoms with Crippen LogP contribution in [-0.2, 0) is 9.47 Å². The first-order chi connectivity index (χ1) is 5.88. The third-order valence-corrected chi connectivity index (χ3v) is 2.20. The fraction of sp³-hybridized carbons (Fsp3) is 1.00. The highest BCUT2D eigenvalue weighted by Gasteiger charge is 2.22. The van der Waals surface area contributed by atoms with Gasteiger partial charge in [0.15, 0.2) is 0 Å². The van der Waals surface area contributed by atoms with E-state index >= 15 is 0 Å². The van der Waals surface area contributed by atoms with Crippen molar-refractivity contribution in [1.29, 1.82) is 0 Å². The zero-order valence-corrected chi connectivity index (χ0v) is 8.01. The molecule has 0 saturated carbocycles. The summed E-state index contributed by atoms with van der Waals surface area (Å²) < 4.78 is 10.9. The summed E-state index contributed by atoms with van der Waals surface area (Å²) in [5.41, 5.74) is 0. The van der Waals surface area contributed by atoms with Crippen molar-refractivity contribution in [2.24, 2.45) is 0 Å². The zero-order valence-electron chi connectivity index (χ0n) is 8.01. The lowest BCUT2D eigenvalue weighted by atomic mass is 10.1. The van der Waals surface area contributed by atoms with Gasteiger partial charge >= 0.3 is 0 Å². The van der Waals surface area contributed by atoms with Crippen LogP contribution in [0.2, 0.25) is 0 Å². The van der Waals surface area contributed by atoms with Crippen molar-refractivity contribution >= 4 is 0 Å². The van der Waals surface area contributed by atoms with Crippen LogP contribution in [0.25, 0.3) is 0 Å². The summed E-state index contributed by atoms with van der Waals surface area (Å²) in [6, 6.07) is 0.454. The summed E-state index contributed by atoms with van der Waals surface area (Å²) in [5.74, 6) is 0. The number of hydrogen-bond donors (Lipinski definition) is 1. The summed E-state index contributed by atoms with van der Waals surface area (Å²) in [7, 11) is 0. The summed E-state index contributed by atoms with van der Waals surface area (Å²) in [5, 5.41) is 3.40. The molecule has 1 fully saturated rings. The van der Waals surface area contributed by atoms with E-state index in [4.69, 9.17) is 9.47 Å². The molecule has 1 aliphatic heterocycles. The Morgan fingerprint density at radius 1 is 1.42 bits per heavy atom. The van der Waals surface area contributed by atoms with E-state index < -0.39 is 0 Å². The summed E-state index contributed by atoms with van der Waals surface area (Å²) in [6.07, 6.45) is 1.35. The topological polar surface area (TPSA) is 30.5 Å². The SMILES string of the molecule is CCNC(CC)C1COCCO1. The van der Waals surface area contributed by atoms with Crippen LogP contribution in [0.4, 0.5) is 0 Å². The molecule has 0 radical (unpaired) electrons. The Morgan fingerprint density at radius 3 is 2.75 bits per heavy atom. The predicted octanol–water partition coefficient (Wildman–Crippen LogP) is 0.790. The Hall–Kier alpha value is -0.120. The highest BCUT2D eigenvalue weighted by atomic mass is 16.6. The zero-order chi connectivity index (χ0) is 8.81.